The van der Waals surface area contributed by atoms with E-state index in [0.717, 1.165) is 25.2 Å². The number of hydrogen-bond acceptors (Lipinski definition) is 4. The molecule has 0 N–H and O–H groups in total. The molecular weight excluding hydrogens is 403 g/mol. The molecule has 0 spiro atoms. The molecule has 0 bridgehead atoms. The molecule has 1 aliphatic rings. The van der Waals surface area contributed by atoms with E-state index >= 15 is 0 Å². The van der Waals surface area contributed by atoms with E-state index in [9.17, 15) is 13.3 Å². The third-order valence-electron chi connectivity index (χ3n) is 3.90. The minimum Gasteiger partial charge on any atom is -0.304 e. The highest BCUT2D eigenvalue weighted by atomic mass is 79.9. The Morgan fingerprint density at radius 2 is 1.79 bits per heavy atom. The fraction of sp³-hybridized carbons (Fsp3) is 0.625. The highest BCUT2D eigenvalue weighted by Gasteiger charge is 2.55. The predicted molar refractivity (Wildman–Crippen MR) is 93.4 cm³/mol. The third-order valence-corrected chi connectivity index (χ3v) is 6.69. The van der Waals surface area contributed by atoms with Gasteiger partial charge in [-0.05, 0) is 51.4 Å². The first kappa shape index (κ1) is 20.0. The molecule has 0 radical (unpaired) electrons. The van der Waals surface area contributed by atoms with Crippen LogP contribution in [0.25, 0.3) is 0 Å². The first-order chi connectivity index (χ1) is 11.3. The molecule has 1 aromatic rings. The second-order valence-electron chi connectivity index (χ2n) is 5.67. The standard InChI is InChI=1S/C16H23BrF2NO3P/c1-3-22-24(21,23-4-2)16(18,19)14-8-7-13(11-15(14)17)12-20-9-5-6-10-20/h7-8,11H,3-6,9-10,12H2,1-2H3. The lowest BCUT2D eigenvalue weighted by atomic mass is 10.1. The first-order valence-corrected chi connectivity index (χ1v) is 10.5. The zero-order valence-electron chi connectivity index (χ0n) is 13.9. The Morgan fingerprint density at radius 3 is 2.29 bits per heavy atom. The van der Waals surface area contributed by atoms with E-state index in [4.69, 9.17) is 9.05 Å². The maximum atomic E-state index is 14.8. The van der Waals surface area contributed by atoms with Gasteiger partial charge in [0.1, 0.15) is 0 Å². The van der Waals surface area contributed by atoms with Crippen molar-refractivity contribution in [2.45, 2.75) is 38.9 Å². The molecule has 0 aliphatic carbocycles. The van der Waals surface area contributed by atoms with Crippen LogP contribution in [0.5, 0.6) is 0 Å². The van der Waals surface area contributed by atoms with Gasteiger partial charge in [-0.1, -0.05) is 28.1 Å². The number of likely N-dealkylation sites (tertiary alicyclic amines) is 1. The summed E-state index contributed by atoms with van der Waals surface area (Å²) in [5.74, 6) is 0. The Hall–Kier alpha value is -0.330. The Labute approximate surface area is 150 Å². The molecule has 0 atom stereocenters. The van der Waals surface area contributed by atoms with Crippen LogP contribution in [-0.2, 0) is 25.8 Å². The highest BCUT2D eigenvalue weighted by Crippen LogP contribution is 2.67. The summed E-state index contributed by atoms with van der Waals surface area (Å²) in [6, 6.07) is 4.61. The number of alkyl halides is 2. The summed E-state index contributed by atoms with van der Waals surface area (Å²) < 4.78 is 52.1. The van der Waals surface area contributed by atoms with E-state index in [2.05, 4.69) is 20.8 Å². The van der Waals surface area contributed by atoms with Gasteiger partial charge in [0.05, 0.1) is 13.2 Å². The lowest BCUT2D eigenvalue weighted by molar-refractivity contribution is 0.0354. The minimum atomic E-state index is -4.59. The molecule has 1 saturated heterocycles. The zero-order chi connectivity index (χ0) is 17.8. The number of benzene rings is 1. The smallest absolute Gasteiger partial charge is 0.304 e. The average molecular weight is 426 g/mol. The van der Waals surface area contributed by atoms with Gasteiger partial charge in [0.25, 0.3) is 0 Å². The highest BCUT2D eigenvalue weighted by molar-refractivity contribution is 9.10. The SMILES string of the molecule is CCOP(=O)(OCC)C(F)(F)c1ccc(CN2CCCC2)cc1Br. The molecular formula is C16H23BrF2NO3P. The fourth-order valence-corrected chi connectivity index (χ4v) is 5.18. The first-order valence-electron chi connectivity index (χ1n) is 8.12. The molecule has 0 amide bonds. The number of nitrogens with zero attached hydrogens (tertiary/aromatic N) is 1. The Balaban J connectivity index is 2.27. The fourth-order valence-electron chi connectivity index (χ4n) is 2.79. The van der Waals surface area contributed by atoms with Crippen molar-refractivity contribution in [1.29, 1.82) is 0 Å². The average Bonchev–Trinajstić information content (AvgIpc) is 3.00. The van der Waals surface area contributed by atoms with Crippen LogP contribution in [0.2, 0.25) is 0 Å². The van der Waals surface area contributed by atoms with Gasteiger partial charge in [-0.15, -0.1) is 0 Å². The predicted octanol–water partition coefficient (Wildman–Crippen LogP) is 5.36. The van der Waals surface area contributed by atoms with Crippen molar-refractivity contribution in [3.05, 3.63) is 33.8 Å². The van der Waals surface area contributed by atoms with E-state index in [1.807, 2.05) is 0 Å². The van der Waals surface area contributed by atoms with Crippen LogP contribution < -0.4 is 0 Å². The van der Waals surface area contributed by atoms with Crippen molar-refractivity contribution in [1.82, 2.24) is 4.90 Å². The van der Waals surface area contributed by atoms with E-state index in [1.165, 1.54) is 32.8 Å². The molecule has 1 aromatic carbocycles. The van der Waals surface area contributed by atoms with Crippen LogP contribution in [0, 0.1) is 0 Å². The maximum absolute atomic E-state index is 14.8. The Kier molecular flexibility index (Phi) is 6.97. The van der Waals surface area contributed by atoms with Gasteiger partial charge in [-0.2, -0.15) is 8.78 Å². The Bertz CT molecular complexity index is 599. The van der Waals surface area contributed by atoms with Gasteiger partial charge in [-0.25, -0.2) is 0 Å². The van der Waals surface area contributed by atoms with Gasteiger partial charge in [0.15, 0.2) is 0 Å². The van der Waals surface area contributed by atoms with Crippen molar-refractivity contribution >= 4 is 23.5 Å². The van der Waals surface area contributed by atoms with Gasteiger partial charge in [0, 0.05) is 16.6 Å². The second kappa shape index (κ2) is 8.37. The van der Waals surface area contributed by atoms with Crippen LogP contribution in [0.3, 0.4) is 0 Å². The van der Waals surface area contributed by atoms with Gasteiger partial charge >= 0.3 is 13.3 Å². The molecule has 24 heavy (non-hydrogen) atoms. The summed E-state index contributed by atoms with van der Waals surface area (Å²) in [4.78, 5) is 2.28. The molecule has 8 heteroatoms. The summed E-state index contributed by atoms with van der Waals surface area (Å²) >= 11 is 3.20. The van der Waals surface area contributed by atoms with Crippen molar-refractivity contribution < 1.29 is 22.4 Å². The van der Waals surface area contributed by atoms with E-state index in [1.54, 1.807) is 12.1 Å². The molecule has 0 unspecified atom stereocenters. The topological polar surface area (TPSA) is 38.8 Å². The second-order valence-corrected chi connectivity index (χ2v) is 8.60. The lowest BCUT2D eigenvalue weighted by Gasteiger charge is -2.27. The molecule has 136 valence electrons. The molecule has 1 heterocycles. The minimum absolute atomic E-state index is 0.114. The molecule has 1 fully saturated rings. The van der Waals surface area contributed by atoms with Crippen LogP contribution >= 0.6 is 23.5 Å². The number of rotatable bonds is 8. The zero-order valence-corrected chi connectivity index (χ0v) is 16.4. The monoisotopic (exact) mass is 425 g/mol. The molecule has 2 rings (SSSR count). The van der Waals surface area contributed by atoms with Gasteiger partial charge < -0.3 is 9.05 Å². The lowest BCUT2D eigenvalue weighted by Crippen LogP contribution is -2.20. The van der Waals surface area contributed by atoms with Gasteiger partial charge in [0.2, 0.25) is 0 Å². The number of hydrogen-bond donors (Lipinski definition) is 0. The third kappa shape index (κ3) is 4.25. The quantitative estimate of drug-likeness (QED) is 0.525. The van der Waals surface area contributed by atoms with Crippen LogP contribution in [0.1, 0.15) is 37.8 Å². The normalized spacial score (nSPS) is 16.7. The summed E-state index contributed by atoms with van der Waals surface area (Å²) in [5.41, 5.74) is -3.16. The van der Waals surface area contributed by atoms with E-state index < -0.39 is 13.3 Å². The summed E-state index contributed by atoms with van der Waals surface area (Å²) in [7, 11) is -4.59. The summed E-state index contributed by atoms with van der Waals surface area (Å²) in [6.07, 6.45) is 2.34. The molecule has 0 aromatic heterocycles. The van der Waals surface area contributed by atoms with Crippen molar-refractivity contribution in [3.63, 3.8) is 0 Å². The molecule has 1 aliphatic heterocycles. The van der Waals surface area contributed by atoms with E-state index in [-0.39, 0.29) is 23.2 Å². The van der Waals surface area contributed by atoms with Crippen molar-refractivity contribution in [3.8, 4) is 0 Å². The van der Waals surface area contributed by atoms with Crippen molar-refractivity contribution in [2.75, 3.05) is 26.3 Å². The van der Waals surface area contributed by atoms with E-state index in [0.29, 0.717) is 0 Å². The largest absolute Gasteiger partial charge is 0.404 e. The van der Waals surface area contributed by atoms with Crippen LogP contribution in [-0.4, -0.2) is 31.2 Å². The van der Waals surface area contributed by atoms with Crippen molar-refractivity contribution in [2.24, 2.45) is 0 Å². The van der Waals surface area contributed by atoms with Crippen LogP contribution in [0.4, 0.5) is 8.78 Å². The van der Waals surface area contributed by atoms with Gasteiger partial charge in [-0.3, -0.25) is 9.46 Å². The van der Waals surface area contributed by atoms with Crippen LogP contribution in [0.15, 0.2) is 22.7 Å². The summed E-state index contributed by atoms with van der Waals surface area (Å²) in [5, 5.41) is 0. The molecule has 0 saturated carbocycles. The molecule has 4 nitrogen and oxygen atoms in total. The summed E-state index contributed by atoms with van der Waals surface area (Å²) in [6.45, 7) is 5.57. The maximum Gasteiger partial charge on any atom is 0.404 e. The number of halogens is 3. The Morgan fingerprint density at radius 1 is 1.21 bits per heavy atom.